The van der Waals surface area contributed by atoms with Crippen molar-refractivity contribution in [3.8, 4) is 16.9 Å². The van der Waals surface area contributed by atoms with Gasteiger partial charge in [0.2, 0.25) is 0 Å². The zero-order valence-corrected chi connectivity index (χ0v) is 20.2. The van der Waals surface area contributed by atoms with Crippen LogP contribution in [0.3, 0.4) is 0 Å². The van der Waals surface area contributed by atoms with E-state index in [0.717, 1.165) is 38.8 Å². The number of carboxylic acids is 1. The number of carboxylic acid groups (broad SMARTS) is 1. The fraction of sp³-hybridized carbons (Fsp3) is 0.233. The zero-order chi connectivity index (χ0) is 24.9. The molecule has 4 aromatic carbocycles. The van der Waals surface area contributed by atoms with Crippen LogP contribution in [-0.2, 0) is 11.2 Å². The van der Waals surface area contributed by atoms with Crippen molar-refractivity contribution in [3.63, 3.8) is 0 Å². The number of ether oxygens (including phenoxy) is 1. The molecule has 4 aromatic rings. The summed E-state index contributed by atoms with van der Waals surface area (Å²) in [6.07, 6.45) is 0.0781. The van der Waals surface area contributed by atoms with E-state index in [1.807, 2.05) is 42.5 Å². The van der Waals surface area contributed by atoms with E-state index in [4.69, 9.17) is 9.84 Å². The second-order valence-electron chi connectivity index (χ2n) is 8.88. The Balaban J connectivity index is 1.67. The van der Waals surface area contributed by atoms with E-state index in [9.17, 15) is 9.18 Å². The van der Waals surface area contributed by atoms with Crippen LogP contribution in [0.4, 0.5) is 4.39 Å². The summed E-state index contributed by atoms with van der Waals surface area (Å²) >= 11 is 0. The molecule has 0 aliphatic carbocycles. The lowest BCUT2D eigenvalue weighted by Crippen LogP contribution is -2.22. The summed E-state index contributed by atoms with van der Waals surface area (Å²) < 4.78 is 20.2. The van der Waals surface area contributed by atoms with Gasteiger partial charge in [-0.15, -0.1) is 0 Å². The topological polar surface area (TPSA) is 58.6 Å². The van der Waals surface area contributed by atoms with Gasteiger partial charge in [0.1, 0.15) is 11.6 Å². The zero-order valence-electron chi connectivity index (χ0n) is 20.2. The SMILES string of the molecule is COc1cccc([C@@H](C)NC(C)c2cc(-c3ccc(CCC(=O)O)c(F)c3)c3ccccc3c2)c1. The number of nitrogens with one attached hydrogen (secondary N) is 1. The molecular weight excluding hydrogens is 441 g/mol. The maximum atomic E-state index is 14.9. The van der Waals surface area contributed by atoms with Crippen LogP contribution < -0.4 is 10.1 Å². The number of aliphatic carboxylic acids is 1. The lowest BCUT2D eigenvalue weighted by atomic mass is 9.92. The van der Waals surface area contributed by atoms with Gasteiger partial charge in [-0.3, -0.25) is 4.79 Å². The maximum Gasteiger partial charge on any atom is 0.303 e. The van der Waals surface area contributed by atoms with Crippen LogP contribution in [0.15, 0.2) is 78.9 Å². The maximum absolute atomic E-state index is 14.9. The second-order valence-corrected chi connectivity index (χ2v) is 8.88. The largest absolute Gasteiger partial charge is 0.497 e. The molecule has 0 aliphatic heterocycles. The lowest BCUT2D eigenvalue weighted by molar-refractivity contribution is -0.136. The molecule has 4 rings (SSSR count). The van der Waals surface area contributed by atoms with E-state index in [1.165, 1.54) is 6.07 Å². The molecule has 35 heavy (non-hydrogen) atoms. The van der Waals surface area contributed by atoms with E-state index in [-0.39, 0.29) is 30.7 Å². The third-order valence-corrected chi connectivity index (χ3v) is 6.45. The normalized spacial score (nSPS) is 12.9. The fourth-order valence-corrected chi connectivity index (χ4v) is 4.46. The Bertz CT molecular complexity index is 1350. The van der Waals surface area contributed by atoms with Gasteiger partial charge in [-0.25, -0.2) is 4.39 Å². The summed E-state index contributed by atoms with van der Waals surface area (Å²) in [5, 5.41) is 14.7. The summed E-state index contributed by atoms with van der Waals surface area (Å²) in [4.78, 5) is 10.9. The summed E-state index contributed by atoms with van der Waals surface area (Å²) in [6, 6.07) is 25.6. The van der Waals surface area contributed by atoms with Gasteiger partial charge in [0.25, 0.3) is 0 Å². The highest BCUT2D eigenvalue weighted by atomic mass is 19.1. The molecule has 0 saturated heterocycles. The molecule has 2 N–H and O–H groups in total. The van der Waals surface area contributed by atoms with Gasteiger partial charge in [-0.2, -0.15) is 0 Å². The summed E-state index contributed by atoms with van der Waals surface area (Å²) in [7, 11) is 1.66. The van der Waals surface area contributed by atoms with Crippen molar-refractivity contribution >= 4 is 16.7 Å². The Kier molecular flexibility index (Phi) is 7.47. The average molecular weight is 472 g/mol. The number of fused-ring (bicyclic) bond motifs is 1. The molecule has 1 unspecified atom stereocenters. The highest BCUT2D eigenvalue weighted by molar-refractivity contribution is 5.97. The van der Waals surface area contributed by atoms with Gasteiger partial charge in [0.15, 0.2) is 0 Å². The predicted octanol–water partition coefficient (Wildman–Crippen LogP) is 7.08. The van der Waals surface area contributed by atoms with Crippen LogP contribution in [0.1, 0.15) is 49.0 Å². The van der Waals surface area contributed by atoms with Crippen LogP contribution in [0, 0.1) is 5.82 Å². The smallest absolute Gasteiger partial charge is 0.303 e. The summed E-state index contributed by atoms with van der Waals surface area (Å²) in [6.45, 7) is 4.25. The highest BCUT2D eigenvalue weighted by Crippen LogP contribution is 2.34. The molecule has 0 bridgehead atoms. The number of hydrogen-bond donors (Lipinski definition) is 2. The van der Waals surface area contributed by atoms with Gasteiger partial charge in [-0.05, 0) is 89.2 Å². The Morgan fingerprint density at radius 3 is 2.46 bits per heavy atom. The van der Waals surface area contributed by atoms with Gasteiger partial charge in [-0.1, -0.05) is 48.5 Å². The molecule has 5 heteroatoms. The second kappa shape index (κ2) is 10.7. The molecule has 0 aromatic heterocycles. The van der Waals surface area contributed by atoms with Crippen LogP contribution in [0.2, 0.25) is 0 Å². The number of carbonyl (C=O) groups is 1. The standard InChI is InChI=1S/C30H30FNO3/c1-19(22-8-6-9-26(16-22)35-3)32-20(2)25-15-23-7-4-5-10-27(23)28(17-25)24-12-11-21(29(31)18-24)13-14-30(33)34/h4-12,15-20,32H,13-14H2,1-3H3,(H,33,34)/t19-,20?/m1/s1. The first kappa shape index (κ1) is 24.4. The number of halogens is 1. The third-order valence-electron chi connectivity index (χ3n) is 6.45. The number of aryl methyl sites for hydroxylation is 1. The molecule has 0 spiro atoms. The minimum Gasteiger partial charge on any atom is -0.497 e. The van der Waals surface area contributed by atoms with Gasteiger partial charge >= 0.3 is 5.97 Å². The van der Waals surface area contributed by atoms with Crippen molar-refractivity contribution in [1.29, 1.82) is 0 Å². The molecule has 0 amide bonds. The number of methoxy groups -OCH3 is 1. The highest BCUT2D eigenvalue weighted by Gasteiger charge is 2.16. The van der Waals surface area contributed by atoms with Crippen molar-refractivity contribution in [2.45, 2.75) is 38.8 Å². The molecule has 0 saturated carbocycles. The Morgan fingerprint density at radius 2 is 1.71 bits per heavy atom. The van der Waals surface area contributed by atoms with E-state index in [1.54, 1.807) is 13.2 Å². The number of hydrogen-bond acceptors (Lipinski definition) is 3. The first-order valence-corrected chi connectivity index (χ1v) is 11.8. The minimum atomic E-state index is -0.933. The Morgan fingerprint density at radius 1 is 0.943 bits per heavy atom. The monoisotopic (exact) mass is 471 g/mol. The van der Waals surface area contributed by atoms with E-state index in [2.05, 4.69) is 43.4 Å². The van der Waals surface area contributed by atoms with Crippen LogP contribution >= 0.6 is 0 Å². The van der Waals surface area contributed by atoms with Crippen LogP contribution in [-0.4, -0.2) is 18.2 Å². The molecule has 0 fully saturated rings. The summed E-state index contributed by atoms with van der Waals surface area (Å²) in [5.74, 6) is -0.487. The minimum absolute atomic E-state index is 0.0410. The van der Waals surface area contributed by atoms with Gasteiger partial charge in [0.05, 0.1) is 7.11 Å². The van der Waals surface area contributed by atoms with E-state index in [0.29, 0.717) is 5.56 Å². The molecule has 180 valence electrons. The Hall–Kier alpha value is -3.70. The molecule has 0 radical (unpaired) electrons. The number of rotatable bonds is 9. The van der Waals surface area contributed by atoms with Crippen molar-refractivity contribution in [2.24, 2.45) is 0 Å². The third kappa shape index (κ3) is 5.69. The lowest BCUT2D eigenvalue weighted by Gasteiger charge is -2.22. The quantitative estimate of drug-likeness (QED) is 0.274. The van der Waals surface area contributed by atoms with Gasteiger partial charge in [0, 0.05) is 18.5 Å². The molecule has 4 nitrogen and oxygen atoms in total. The van der Waals surface area contributed by atoms with Crippen molar-refractivity contribution < 1.29 is 19.0 Å². The molecule has 0 aliphatic rings. The Labute approximate surface area is 205 Å². The molecule has 2 atom stereocenters. The van der Waals surface area contributed by atoms with E-state index < -0.39 is 5.97 Å². The first-order valence-electron chi connectivity index (χ1n) is 11.8. The van der Waals surface area contributed by atoms with Crippen molar-refractivity contribution in [3.05, 3.63) is 101 Å². The van der Waals surface area contributed by atoms with Crippen molar-refractivity contribution in [2.75, 3.05) is 7.11 Å². The molecular formula is C30H30FNO3. The first-order chi connectivity index (χ1) is 16.9. The van der Waals surface area contributed by atoms with Gasteiger partial charge < -0.3 is 15.2 Å². The fourth-order valence-electron chi connectivity index (χ4n) is 4.46. The number of benzene rings is 4. The summed E-state index contributed by atoms with van der Waals surface area (Å²) in [5.41, 5.74) is 4.37. The average Bonchev–Trinajstić information content (AvgIpc) is 2.87. The molecule has 0 heterocycles. The van der Waals surface area contributed by atoms with E-state index >= 15 is 0 Å². The van der Waals surface area contributed by atoms with Crippen LogP contribution in [0.25, 0.3) is 21.9 Å². The van der Waals surface area contributed by atoms with Crippen LogP contribution in [0.5, 0.6) is 5.75 Å². The predicted molar refractivity (Wildman–Crippen MR) is 138 cm³/mol. The van der Waals surface area contributed by atoms with Crippen molar-refractivity contribution in [1.82, 2.24) is 5.32 Å².